The summed E-state index contributed by atoms with van der Waals surface area (Å²) in [5, 5.41) is 11.7. The van der Waals surface area contributed by atoms with E-state index in [0.29, 0.717) is 0 Å². The minimum Gasteiger partial charge on any atom is -0.351 e. The molecule has 2 aliphatic rings. The third-order valence-corrected chi connectivity index (χ3v) is 5.81. The molecule has 2 fully saturated rings. The molecule has 3 aromatic rings. The molecule has 8 heteroatoms. The van der Waals surface area contributed by atoms with E-state index in [4.69, 9.17) is 4.98 Å². The lowest BCUT2D eigenvalue weighted by molar-refractivity contribution is 0.247. The quantitative estimate of drug-likeness (QED) is 0.721. The van der Waals surface area contributed by atoms with Gasteiger partial charge in [0.2, 0.25) is 5.65 Å². The van der Waals surface area contributed by atoms with Crippen LogP contribution in [0.5, 0.6) is 0 Å². The normalized spacial score (nSPS) is 19.2. The van der Waals surface area contributed by atoms with Crippen molar-refractivity contribution in [3.63, 3.8) is 0 Å². The van der Waals surface area contributed by atoms with Gasteiger partial charge in [-0.25, -0.2) is 9.97 Å². The van der Waals surface area contributed by atoms with E-state index in [1.165, 1.54) is 23.5 Å². The Balaban J connectivity index is 1.24. The molecule has 24 heavy (non-hydrogen) atoms. The molecule has 3 aromatic heterocycles. The van der Waals surface area contributed by atoms with E-state index in [-0.39, 0.29) is 0 Å². The predicted molar refractivity (Wildman–Crippen MR) is 92.4 cm³/mol. The van der Waals surface area contributed by atoms with Gasteiger partial charge in [-0.2, -0.15) is 0 Å². The molecule has 0 aromatic carbocycles. The minimum absolute atomic E-state index is 0.760. The second kappa shape index (κ2) is 5.78. The molecule has 7 nitrogen and oxygen atoms in total. The zero-order chi connectivity index (χ0) is 15.9. The molecule has 0 amide bonds. The summed E-state index contributed by atoms with van der Waals surface area (Å²) in [6.07, 6.45) is 8.07. The Bertz CT molecular complexity index is 845. The fraction of sp³-hybridized carbons (Fsp3) is 0.500. The van der Waals surface area contributed by atoms with E-state index in [2.05, 4.69) is 30.4 Å². The van der Waals surface area contributed by atoms with E-state index in [9.17, 15) is 0 Å². The van der Waals surface area contributed by atoms with Gasteiger partial charge in [-0.3, -0.25) is 9.30 Å². The number of anilines is 1. The van der Waals surface area contributed by atoms with Gasteiger partial charge < -0.3 is 4.90 Å². The Morgan fingerprint density at radius 1 is 1.17 bits per heavy atom. The summed E-state index contributed by atoms with van der Waals surface area (Å²) < 4.78 is 1.92. The number of aromatic nitrogens is 5. The number of thiazole rings is 1. The fourth-order valence-corrected chi connectivity index (χ4v) is 4.21. The summed E-state index contributed by atoms with van der Waals surface area (Å²) >= 11 is 1.83. The number of hydrogen-bond donors (Lipinski definition) is 0. The lowest BCUT2D eigenvalue weighted by Crippen LogP contribution is -2.46. The van der Waals surface area contributed by atoms with Crippen LogP contribution in [-0.2, 0) is 6.54 Å². The van der Waals surface area contributed by atoms with Crippen molar-refractivity contribution in [2.24, 2.45) is 0 Å². The summed E-state index contributed by atoms with van der Waals surface area (Å²) in [5.41, 5.74) is 2.06. The van der Waals surface area contributed by atoms with Crippen LogP contribution in [-0.4, -0.2) is 55.6 Å². The van der Waals surface area contributed by atoms with E-state index in [0.717, 1.165) is 50.1 Å². The zero-order valence-electron chi connectivity index (χ0n) is 13.4. The van der Waals surface area contributed by atoms with Gasteiger partial charge in [0, 0.05) is 56.4 Å². The summed E-state index contributed by atoms with van der Waals surface area (Å²) in [6.45, 7) is 4.91. The Morgan fingerprint density at radius 2 is 2.04 bits per heavy atom. The average molecular weight is 341 g/mol. The summed E-state index contributed by atoms with van der Waals surface area (Å²) in [5.74, 6) is 1.69. The van der Waals surface area contributed by atoms with Crippen molar-refractivity contribution in [2.45, 2.75) is 25.3 Å². The number of nitrogens with zero attached hydrogens (tertiary/aromatic N) is 7. The molecule has 0 atom stereocenters. The third-order valence-electron chi connectivity index (χ3n) is 4.75. The zero-order valence-corrected chi connectivity index (χ0v) is 14.2. The van der Waals surface area contributed by atoms with E-state index < -0.39 is 0 Å². The van der Waals surface area contributed by atoms with Crippen LogP contribution >= 0.6 is 11.3 Å². The number of rotatable bonds is 4. The van der Waals surface area contributed by atoms with Crippen molar-refractivity contribution in [3.05, 3.63) is 34.8 Å². The smallest absolute Gasteiger partial charge is 0.203 e. The minimum atomic E-state index is 0.760. The third kappa shape index (κ3) is 2.65. The first kappa shape index (κ1) is 14.3. The maximum atomic E-state index is 4.81. The highest BCUT2D eigenvalue weighted by atomic mass is 32.1. The molecule has 4 heterocycles. The van der Waals surface area contributed by atoms with Gasteiger partial charge in [0.15, 0.2) is 5.82 Å². The monoisotopic (exact) mass is 341 g/mol. The van der Waals surface area contributed by atoms with Crippen LogP contribution in [0.3, 0.4) is 0 Å². The first-order valence-electron chi connectivity index (χ1n) is 8.43. The van der Waals surface area contributed by atoms with Crippen LogP contribution in [0.15, 0.2) is 24.1 Å². The van der Waals surface area contributed by atoms with Gasteiger partial charge in [0.25, 0.3) is 0 Å². The topological polar surface area (TPSA) is 62.5 Å². The summed E-state index contributed by atoms with van der Waals surface area (Å²) in [4.78, 5) is 14.1. The number of hydrogen-bond acceptors (Lipinski definition) is 7. The van der Waals surface area contributed by atoms with Crippen molar-refractivity contribution in [1.29, 1.82) is 0 Å². The Labute approximate surface area is 144 Å². The standard InChI is InChI=1S/C16H19N7S/c1-2-12(1)16-19-13(10-24-16)9-21-5-7-22(8-6-21)14-15-20-18-11-23(15)4-3-17-14/h3-4,10-12H,1-2,5-9H2. The summed E-state index contributed by atoms with van der Waals surface area (Å²) in [6, 6.07) is 0. The first-order valence-corrected chi connectivity index (χ1v) is 9.31. The maximum Gasteiger partial charge on any atom is 0.203 e. The molecular formula is C16H19N7S. The number of piperazine rings is 1. The highest BCUT2D eigenvalue weighted by Gasteiger charge is 2.27. The highest BCUT2D eigenvalue weighted by Crippen LogP contribution is 2.41. The van der Waals surface area contributed by atoms with Gasteiger partial charge in [0.1, 0.15) is 6.33 Å². The molecule has 0 radical (unpaired) electrons. The van der Waals surface area contributed by atoms with E-state index in [1.54, 1.807) is 6.33 Å². The fourth-order valence-electron chi connectivity index (χ4n) is 3.23. The highest BCUT2D eigenvalue weighted by molar-refractivity contribution is 7.09. The molecule has 1 saturated carbocycles. The van der Waals surface area contributed by atoms with E-state index >= 15 is 0 Å². The van der Waals surface area contributed by atoms with Gasteiger partial charge in [-0.1, -0.05) is 0 Å². The van der Waals surface area contributed by atoms with E-state index in [1.807, 2.05) is 28.1 Å². The molecular weight excluding hydrogens is 322 g/mol. The molecule has 1 aliphatic heterocycles. The molecule has 124 valence electrons. The number of fused-ring (bicyclic) bond motifs is 1. The van der Waals surface area contributed by atoms with Crippen molar-refractivity contribution in [3.8, 4) is 0 Å². The largest absolute Gasteiger partial charge is 0.351 e. The first-order chi connectivity index (χ1) is 11.9. The molecule has 0 spiro atoms. The molecule has 1 aliphatic carbocycles. The van der Waals surface area contributed by atoms with Crippen molar-refractivity contribution < 1.29 is 0 Å². The van der Waals surface area contributed by atoms with Crippen LogP contribution in [0.4, 0.5) is 5.82 Å². The Hall–Kier alpha value is -2.06. The summed E-state index contributed by atoms with van der Waals surface area (Å²) in [7, 11) is 0. The average Bonchev–Trinajstić information content (AvgIpc) is 3.17. The van der Waals surface area contributed by atoms with Crippen LogP contribution < -0.4 is 4.90 Å². The van der Waals surface area contributed by atoms with Gasteiger partial charge in [-0.05, 0) is 12.8 Å². The Morgan fingerprint density at radius 3 is 2.88 bits per heavy atom. The van der Waals surface area contributed by atoms with Crippen molar-refractivity contribution in [1.82, 2.24) is 29.5 Å². The molecule has 5 rings (SSSR count). The van der Waals surface area contributed by atoms with Crippen molar-refractivity contribution >= 4 is 22.8 Å². The van der Waals surface area contributed by atoms with Gasteiger partial charge >= 0.3 is 0 Å². The van der Waals surface area contributed by atoms with Crippen LogP contribution in [0.25, 0.3) is 5.65 Å². The molecule has 1 saturated heterocycles. The lowest BCUT2D eigenvalue weighted by Gasteiger charge is -2.34. The second-order valence-electron chi connectivity index (χ2n) is 6.53. The molecule has 0 bridgehead atoms. The van der Waals surface area contributed by atoms with Crippen LogP contribution in [0.2, 0.25) is 0 Å². The van der Waals surface area contributed by atoms with Crippen LogP contribution in [0.1, 0.15) is 29.5 Å². The second-order valence-corrected chi connectivity index (χ2v) is 7.42. The maximum absolute atomic E-state index is 4.81. The van der Waals surface area contributed by atoms with Crippen LogP contribution in [0, 0.1) is 0 Å². The SMILES string of the molecule is c1cn2cnnc2c(N2CCN(Cc3csc(C4CC4)n3)CC2)n1. The van der Waals surface area contributed by atoms with Crippen molar-refractivity contribution in [2.75, 3.05) is 31.1 Å². The Kier molecular flexibility index (Phi) is 3.45. The van der Waals surface area contributed by atoms with Gasteiger partial charge in [0.05, 0.1) is 10.7 Å². The molecule has 0 unspecified atom stereocenters. The molecule has 0 N–H and O–H groups in total. The lowest BCUT2D eigenvalue weighted by atomic mass is 10.3. The van der Waals surface area contributed by atoms with Gasteiger partial charge in [-0.15, -0.1) is 21.5 Å². The predicted octanol–water partition coefficient (Wildman–Crippen LogP) is 1.78.